The molecule has 0 saturated carbocycles. The number of carbonyl (C=O) groups is 1. The summed E-state index contributed by atoms with van der Waals surface area (Å²) in [6, 6.07) is 6.74. The molecule has 0 saturated heterocycles. The van der Waals surface area contributed by atoms with Gasteiger partial charge in [-0.25, -0.2) is 17.9 Å². The van der Waals surface area contributed by atoms with Gasteiger partial charge in [-0.15, -0.1) is 0 Å². The van der Waals surface area contributed by atoms with Crippen LogP contribution in [0.25, 0.3) is 10.9 Å². The van der Waals surface area contributed by atoms with Crippen LogP contribution in [0.5, 0.6) is 0 Å². The Hall–Kier alpha value is -2.19. The van der Waals surface area contributed by atoms with Gasteiger partial charge in [-0.3, -0.25) is 4.98 Å². The third kappa shape index (κ3) is 4.92. The largest absolute Gasteiger partial charge is 0.444 e. The quantitative estimate of drug-likeness (QED) is 0.863. The summed E-state index contributed by atoms with van der Waals surface area (Å²) in [5, 5.41) is 0.570. The molecule has 0 spiro atoms. The standard InChI is InChI=1S/C18H25N3O4S/c1-13-8-9-15(14-7-6-10-19-16(13)14)26(23,24)20-11-12-21(5)17(22)25-18(2,3)4/h6-10,20H,11-12H2,1-5H3. The van der Waals surface area contributed by atoms with Gasteiger partial charge in [0.1, 0.15) is 5.60 Å². The number of fused-ring (bicyclic) bond motifs is 1. The first-order chi connectivity index (χ1) is 12.0. The zero-order chi connectivity index (χ0) is 19.5. The van der Waals surface area contributed by atoms with Crippen LogP contribution in [0.2, 0.25) is 0 Å². The van der Waals surface area contributed by atoms with E-state index in [0.29, 0.717) is 10.9 Å². The first kappa shape index (κ1) is 20.1. The van der Waals surface area contributed by atoms with Gasteiger partial charge in [-0.05, 0) is 51.5 Å². The third-order valence-electron chi connectivity index (χ3n) is 3.67. The lowest BCUT2D eigenvalue weighted by molar-refractivity contribution is 0.0302. The second-order valence-corrected chi connectivity index (χ2v) is 8.82. The predicted octanol–water partition coefficient (Wildman–Crippen LogP) is 2.69. The van der Waals surface area contributed by atoms with Crippen molar-refractivity contribution in [2.75, 3.05) is 20.1 Å². The summed E-state index contributed by atoms with van der Waals surface area (Å²) >= 11 is 0. The number of ether oxygens (including phenoxy) is 1. The van der Waals surface area contributed by atoms with E-state index in [9.17, 15) is 13.2 Å². The summed E-state index contributed by atoms with van der Waals surface area (Å²) in [4.78, 5) is 17.7. The molecular weight excluding hydrogens is 354 g/mol. The lowest BCUT2D eigenvalue weighted by atomic mass is 10.1. The van der Waals surface area contributed by atoms with E-state index in [4.69, 9.17) is 4.74 Å². The number of aryl methyl sites for hydroxylation is 1. The third-order valence-corrected chi connectivity index (χ3v) is 5.18. The highest BCUT2D eigenvalue weighted by atomic mass is 32.2. The Balaban J connectivity index is 2.09. The molecule has 2 aromatic rings. The van der Waals surface area contributed by atoms with E-state index in [0.717, 1.165) is 5.56 Å². The Morgan fingerprint density at radius 3 is 2.62 bits per heavy atom. The SMILES string of the molecule is Cc1ccc(S(=O)(=O)NCCN(C)C(=O)OC(C)(C)C)c2cccnc12. The molecule has 0 fully saturated rings. The molecule has 0 unspecified atom stereocenters. The van der Waals surface area contributed by atoms with E-state index in [1.165, 1.54) is 4.90 Å². The average molecular weight is 379 g/mol. The Morgan fingerprint density at radius 1 is 1.27 bits per heavy atom. The lowest BCUT2D eigenvalue weighted by Crippen LogP contribution is -2.39. The zero-order valence-corrected chi connectivity index (χ0v) is 16.6. The van der Waals surface area contributed by atoms with Crippen molar-refractivity contribution in [3.8, 4) is 0 Å². The molecule has 1 aromatic heterocycles. The second-order valence-electron chi connectivity index (χ2n) is 7.08. The topological polar surface area (TPSA) is 88.6 Å². The molecule has 0 aliphatic rings. The van der Waals surface area contributed by atoms with E-state index >= 15 is 0 Å². The van der Waals surface area contributed by atoms with Crippen molar-refractivity contribution in [3.05, 3.63) is 36.0 Å². The summed E-state index contributed by atoms with van der Waals surface area (Å²) < 4.78 is 33.1. The van der Waals surface area contributed by atoms with Crippen molar-refractivity contribution < 1.29 is 17.9 Å². The number of hydrogen-bond donors (Lipinski definition) is 1. The number of carbonyl (C=O) groups excluding carboxylic acids is 1. The molecule has 142 valence electrons. The van der Waals surface area contributed by atoms with Crippen molar-refractivity contribution in [2.24, 2.45) is 0 Å². The smallest absolute Gasteiger partial charge is 0.410 e. The highest BCUT2D eigenvalue weighted by Crippen LogP contribution is 2.23. The van der Waals surface area contributed by atoms with Gasteiger partial charge in [0.25, 0.3) is 0 Å². The van der Waals surface area contributed by atoms with Crippen LogP contribution < -0.4 is 4.72 Å². The van der Waals surface area contributed by atoms with Gasteiger partial charge in [0.15, 0.2) is 0 Å². The van der Waals surface area contributed by atoms with E-state index in [1.54, 1.807) is 58.3 Å². The van der Waals surface area contributed by atoms with E-state index in [1.807, 2.05) is 6.92 Å². The fourth-order valence-corrected chi connectivity index (χ4v) is 3.60. The molecule has 8 heteroatoms. The van der Waals surface area contributed by atoms with E-state index < -0.39 is 21.7 Å². The Bertz CT molecular complexity index is 904. The Kier molecular flexibility index (Phi) is 5.87. The molecule has 0 atom stereocenters. The fourth-order valence-electron chi connectivity index (χ4n) is 2.38. The number of benzene rings is 1. The monoisotopic (exact) mass is 379 g/mol. The predicted molar refractivity (Wildman–Crippen MR) is 101 cm³/mol. The van der Waals surface area contributed by atoms with Crippen LogP contribution in [0.15, 0.2) is 35.4 Å². The van der Waals surface area contributed by atoms with Crippen LogP contribution in [-0.2, 0) is 14.8 Å². The number of likely N-dealkylation sites (N-methyl/N-ethyl adjacent to an activating group) is 1. The molecule has 26 heavy (non-hydrogen) atoms. The van der Waals surface area contributed by atoms with Gasteiger partial charge < -0.3 is 9.64 Å². The number of sulfonamides is 1. The molecule has 0 radical (unpaired) electrons. The minimum Gasteiger partial charge on any atom is -0.444 e. The van der Waals surface area contributed by atoms with Gasteiger partial charge in [0.05, 0.1) is 10.4 Å². The summed E-state index contributed by atoms with van der Waals surface area (Å²) in [6.07, 6.45) is 1.14. The first-order valence-corrected chi connectivity index (χ1v) is 9.78. The number of nitrogens with zero attached hydrogens (tertiary/aromatic N) is 2. The molecule has 1 N–H and O–H groups in total. The molecule has 1 aromatic carbocycles. The number of nitrogens with one attached hydrogen (secondary N) is 1. The maximum Gasteiger partial charge on any atom is 0.410 e. The van der Waals surface area contributed by atoms with Gasteiger partial charge in [-0.2, -0.15) is 0 Å². The van der Waals surface area contributed by atoms with Crippen LogP contribution in [0, 0.1) is 6.92 Å². The molecule has 2 rings (SSSR count). The first-order valence-electron chi connectivity index (χ1n) is 8.29. The number of aromatic nitrogens is 1. The molecule has 0 bridgehead atoms. The number of pyridine rings is 1. The average Bonchev–Trinajstić information content (AvgIpc) is 2.53. The highest BCUT2D eigenvalue weighted by Gasteiger charge is 2.21. The summed E-state index contributed by atoms with van der Waals surface area (Å²) in [7, 11) is -2.17. The van der Waals surface area contributed by atoms with Crippen LogP contribution in [0.4, 0.5) is 4.79 Å². The second kappa shape index (κ2) is 7.59. The van der Waals surface area contributed by atoms with Crippen LogP contribution in [-0.4, -0.2) is 50.1 Å². The Morgan fingerprint density at radius 2 is 1.96 bits per heavy atom. The summed E-state index contributed by atoms with van der Waals surface area (Å²) in [6.45, 7) is 7.48. The summed E-state index contributed by atoms with van der Waals surface area (Å²) in [5.41, 5.74) is 0.962. The highest BCUT2D eigenvalue weighted by molar-refractivity contribution is 7.89. The Labute approximate surface area is 154 Å². The van der Waals surface area contributed by atoms with Crippen molar-refractivity contribution in [1.82, 2.24) is 14.6 Å². The minimum absolute atomic E-state index is 0.0771. The van der Waals surface area contributed by atoms with Crippen molar-refractivity contribution in [3.63, 3.8) is 0 Å². The molecule has 7 nitrogen and oxygen atoms in total. The normalized spacial score (nSPS) is 12.2. The lowest BCUT2D eigenvalue weighted by Gasteiger charge is -2.24. The number of amides is 1. The van der Waals surface area contributed by atoms with Gasteiger partial charge in [0.2, 0.25) is 10.0 Å². The van der Waals surface area contributed by atoms with Gasteiger partial charge in [-0.1, -0.05) is 6.07 Å². The molecule has 1 amide bonds. The molecular formula is C18H25N3O4S. The van der Waals surface area contributed by atoms with Crippen LogP contribution in [0.3, 0.4) is 0 Å². The maximum absolute atomic E-state index is 12.7. The summed E-state index contributed by atoms with van der Waals surface area (Å²) in [5.74, 6) is 0. The molecule has 0 aliphatic carbocycles. The number of hydrogen-bond acceptors (Lipinski definition) is 5. The van der Waals surface area contributed by atoms with Crippen LogP contribution >= 0.6 is 0 Å². The fraction of sp³-hybridized carbons (Fsp3) is 0.444. The van der Waals surface area contributed by atoms with E-state index in [2.05, 4.69) is 9.71 Å². The van der Waals surface area contributed by atoms with Gasteiger partial charge >= 0.3 is 6.09 Å². The zero-order valence-electron chi connectivity index (χ0n) is 15.7. The van der Waals surface area contributed by atoms with Crippen LogP contribution in [0.1, 0.15) is 26.3 Å². The van der Waals surface area contributed by atoms with Crippen molar-refractivity contribution in [1.29, 1.82) is 0 Å². The van der Waals surface area contributed by atoms with Crippen molar-refractivity contribution >= 4 is 27.0 Å². The van der Waals surface area contributed by atoms with E-state index in [-0.39, 0.29) is 18.0 Å². The van der Waals surface area contributed by atoms with Gasteiger partial charge in [0, 0.05) is 31.7 Å². The van der Waals surface area contributed by atoms with Crippen molar-refractivity contribution in [2.45, 2.75) is 38.2 Å². The minimum atomic E-state index is -3.73. The molecule has 1 heterocycles. The maximum atomic E-state index is 12.7. The molecule has 0 aliphatic heterocycles. The number of rotatable bonds is 5.